The Morgan fingerprint density at radius 3 is 2.35 bits per heavy atom. The van der Waals surface area contributed by atoms with E-state index in [1.165, 1.54) is 0 Å². The Morgan fingerprint density at radius 2 is 1.54 bits per heavy atom. The minimum atomic E-state index is -0.354. The van der Waals surface area contributed by atoms with Gasteiger partial charge in [0.2, 0.25) is 5.91 Å². The summed E-state index contributed by atoms with van der Waals surface area (Å²) < 4.78 is 5.83. The van der Waals surface area contributed by atoms with E-state index in [0.717, 1.165) is 33.5 Å². The number of nitrogens with one attached hydrogen (secondary N) is 2. The molecule has 0 saturated carbocycles. The number of aromatic amines is 1. The predicted octanol–water partition coefficient (Wildman–Crippen LogP) is 6.45. The van der Waals surface area contributed by atoms with Gasteiger partial charge in [-0.05, 0) is 61.0 Å². The molecule has 6 nitrogen and oxygen atoms in total. The summed E-state index contributed by atoms with van der Waals surface area (Å²) in [6.07, 6.45) is 0. The van der Waals surface area contributed by atoms with Crippen molar-refractivity contribution in [2.45, 2.75) is 13.0 Å². The van der Waals surface area contributed by atoms with Crippen LogP contribution in [0, 0.1) is 6.92 Å². The predicted molar refractivity (Wildman–Crippen MR) is 144 cm³/mol. The lowest BCUT2D eigenvalue weighted by Gasteiger charge is -2.25. The van der Waals surface area contributed by atoms with Crippen LogP contribution in [-0.2, 0) is 4.79 Å². The highest BCUT2D eigenvalue weighted by Crippen LogP contribution is 2.42. The van der Waals surface area contributed by atoms with Crippen molar-refractivity contribution in [1.82, 2.24) is 9.88 Å². The van der Waals surface area contributed by atoms with E-state index >= 15 is 0 Å². The number of aromatic nitrogens is 1. The number of carbonyl (C=O) groups is 2. The number of amides is 2. The zero-order chi connectivity index (χ0) is 25.4. The molecule has 1 aliphatic rings. The first-order valence-corrected chi connectivity index (χ1v) is 12.2. The number of hydrogen-bond acceptors (Lipinski definition) is 3. The van der Waals surface area contributed by atoms with Gasteiger partial charge in [-0.1, -0.05) is 54.6 Å². The molecule has 2 heterocycles. The number of carbonyl (C=O) groups excluding carboxylic acids is 2. The summed E-state index contributed by atoms with van der Waals surface area (Å²) >= 11 is 0. The number of para-hydroxylation sites is 2. The van der Waals surface area contributed by atoms with E-state index in [9.17, 15) is 9.59 Å². The largest absolute Gasteiger partial charge is 0.457 e. The molecule has 0 fully saturated rings. The second-order valence-corrected chi connectivity index (χ2v) is 9.12. The van der Waals surface area contributed by atoms with E-state index < -0.39 is 0 Å². The molecule has 2 amide bonds. The quantitative estimate of drug-likeness (QED) is 0.289. The topological polar surface area (TPSA) is 74.4 Å². The van der Waals surface area contributed by atoms with Crippen molar-refractivity contribution in [1.29, 1.82) is 0 Å². The summed E-state index contributed by atoms with van der Waals surface area (Å²) in [5.41, 5.74) is 5.19. The number of anilines is 1. The molecule has 0 spiro atoms. The molecule has 0 saturated heterocycles. The van der Waals surface area contributed by atoms with Crippen molar-refractivity contribution in [2.24, 2.45) is 0 Å². The zero-order valence-corrected chi connectivity index (χ0v) is 20.3. The van der Waals surface area contributed by atoms with Crippen LogP contribution in [0.1, 0.15) is 33.2 Å². The van der Waals surface area contributed by atoms with Gasteiger partial charge in [-0.2, -0.15) is 0 Å². The monoisotopic (exact) mass is 487 g/mol. The van der Waals surface area contributed by atoms with Gasteiger partial charge >= 0.3 is 0 Å². The average molecular weight is 488 g/mol. The third kappa shape index (κ3) is 4.23. The highest BCUT2D eigenvalue weighted by atomic mass is 16.5. The molecule has 1 aliphatic heterocycles. The van der Waals surface area contributed by atoms with Gasteiger partial charge in [0, 0.05) is 33.4 Å². The Hall–Kier alpha value is -4.84. The van der Waals surface area contributed by atoms with Crippen LogP contribution in [0.5, 0.6) is 11.5 Å². The molecule has 2 N–H and O–H groups in total. The lowest BCUT2D eigenvalue weighted by molar-refractivity contribution is -0.117. The van der Waals surface area contributed by atoms with Crippen LogP contribution in [0.4, 0.5) is 5.69 Å². The molecule has 37 heavy (non-hydrogen) atoms. The third-order valence-corrected chi connectivity index (χ3v) is 6.71. The van der Waals surface area contributed by atoms with Gasteiger partial charge in [0.05, 0.1) is 6.04 Å². The number of benzene rings is 4. The molecular weight excluding hydrogens is 462 g/mol. The number of fused-ring (bicyclic) bond motifs is 2. The van der Waals surface area contributed by atoms with E-state index in [2.05, 4.69) is 16.4 Å². The normalized spacial score (nSPS) is 14.6. The number of H-pyrrole nitrogens is 1. The van der Waals surface area contributed by atoms with Crippen molar-refractivity contribution in [3.05, 3.63) is 126 Å². The number of rotatable bonds is 6. The maximum atomic E-state index is 13.5. The average Bonchev–Trinajstić information content (AvgIpc) is 3.38. The molecule has 182 valence electrons. The Morgan fingerprint density at radius 1 is 0.865 bits per heavy atom. The number of nitrogens with zero attached hydrogens (tertiary/aromatic N) is 1. The fourth-order valence-corrected chi connectivity index (χ4v) is 5.08. The van der Waals surface area contributed by atoms with E-state index in [-0.39, 0.29) is 24.4 Å². The molecule has 0 radical (unpaired) electrons. The summed E-state index contributed by atoms with van der Waals surface area (Å²) in [5, 5.41) is 3.98. The van der Waals surface area contributed by atoms with Crippen LogP contribution in [0.3, 0.4) is 0 Å². The molecule has 4 aromatic carbocycles. The third-order valence-electron chi connectivity index (χ3n) is 6.71. The summed E-state index contributed by atoms with van der Waals surface area (Å²) in [6, 6.07) is 32.0. The van der Waals surface area contributed by atoms with Crippen LogP contribution in [-0.4, -0.2) is 28.2 Å². The summed E-state index contributed by atoms with van der Waals surface area (Å²) in [4.78, 5) is 31.7. The smallest absolute Gasteiger partial charge is 0.255 e. The van der Waals surface area contributed by atoms with Gasteiger partial charge in [0.15, 0.2) is 0 Å². The van der Waals surface area contributed by atoms with Crippen molar-refractivity contribution in [3.8, 4) is 11.5 Å². The standard InChI is InChI=1S/C31H25N3O3/c1-20-29(26-13-7-8-14-27(26)32-20)30-24-11-5-6-12-25(24)31(36)34(30)19-28(35)33-21-15-17-23(18-16-21)37-22-9-3-2-4-10-22/h2-18,30,32H,19H2,1H3,(H,33,35)/t30-/m0/s1. The number of ether oxygens (including phenoxy) is 1. The number of hydrogen-bond donors (Lipinski definition) is 2. The first kappa shape index (κ1) is 22.6. The van der Waals surface area contributed by atoms with Crippen LogP contribution < -0.4 is 10.1 Å². The van der Waals surface area contributed by atoms with E-state index in [4.69, 9.17) is 4.74 Å². The highest BCUT2D eigenvalue weighted by molar-refractivity contribution is 6.04. The summed E-state index contributed by atoms with van der Waals surface area (Å²) in [5.74, 6) is 1.00. The van der Waals surface area contributed by atoms with Gasteiger partial charge in [0.1, 0.15) is 18.0 Å². The summed E-state index contributed by atoms with van der Waals surface area (Å²) in [7, 11) is 0. The minimum absolute atomic E-state index is 0.0700. The first-order chi connectivity index (χ1) is 18.1. The van der Waals surface area contributed by atoms with E-state index in [1.807, 2.05) is 79.7 Å². The molecule has 6 heteroatoms. The van der Waals surface area contributed by atoms with Gasteiger partial charge in [0.25, 0.3) is 5.91 Å². The lowest BCUT2D eigenvalue weighted by atomic mass is 9.95. The Kier molecular flexibility index (Phi) is 5.69. The zero-order valence-electron chi connectivity index (χ0n) is 20.3. The maximum absolute atomic E-state index is 13.5. The van der Waals surface area contributed by atoms with E-state index in [0.29, 0.717) is 17.0 Å². The van der Waals surface area contributed by atoms with Crippen molar-refractivity contribution >= 4 is 28.4 Å². The molecule has 6 rings (SSSR count). The highest BCUT2D eigenvalue weighted by Gasteiger charge is 2.40. The molecule has 5 aromatic rings. The minimum Gasteiger partial charge on any atom is -0.457 e. The second kappa shape index (κ2) is 9.32. The van der Waals surface area contributed by atoms with Gasteiger partial charge < -0.3 is 19.9 Å². The Labute approximate surface area is 214 Å². The Bertz CT molecular complexity index is 1610. The maximum Gasteiger partial charge on any atom is 0.255 e. The van der Waals surface area contributed by atoms with Gasteiger partial charge in [-0.25, -0.2) is 0 Å². The van der Waals surface area contributed by atoms with Gasteiger partial charge in [-0.15, -0.1) is 0 Å². The Balaban J connectivity index is 1.25. The van der Waals surface area contributed by atoms with Gasteiger partial charge in [-0.3, -0.25) is 9.59 Å². The molecule has 0 bridgehead atoms. The molecular formula is C31H25N3O3. The fraction of sp³-hybridized carbons (Fsp3) is 0.0968. The van der Waals surface area contributed by atoms with Crippen molar-refractivity contribution in [3.63, 3.8) is 0 Å². The van der Waals surface area contributed by atoms with Crippen LogP contribution in [0.25, 0.3) is 10.9 Å². The van der Waals surface area contributed by atoms with Crippen molar-refractivity contribution < 1.29 is 14.3 Å². The molecule has 0 unspecified atom stereocenters. The van der Waals surface area contributed by atoms with Crippen LogP contribution >= 0.6 is 0 Å². The fourth-order valence-electron chi connectivity index (χ4n) is 5.08. The SMILES string of the molecule is Cc1[nH]c2ccccc2c1[C@@H]1c2ccccc2C(=O)N1CC(=O)Nc1ccc(Oc2ccccc2)cc1. The van der Waals surface area contributed by atoms with Crippen LogP contribution in [0.15, 0.2) is 103 Å². The summed E-state index contributed by atoms with van der Waals surface area (Å²) in [6.45, 7) is 1.94. The van der Waals surface area contributed by atoms with Crippen LogP contribution in [0.2, 0.25) is 0 Å². The molecule has 1 atom stereocenters. The lowest BCUT2D eigenvalue weighted by Crippen LogP contribution is -2.36. The van der Waals surface area contributed by atoms with E-state index in [1.54, 1.807) is 29.2 Å². The van der Waals surface area contributed by atoms with Crippen molar-refractivity contribution in [2.75, 3.05) is 11.9 Å². The molecule has 1 aromatic heterocycles. The molecule has 0 aliphatic carbocycles. The second-order valence-electron chi connectivity index (χ2n) is 9.12. The number of aryl methyl sites for hydroxylation is 1. The first-order valence-electron chi connectivity index (χ1n) is 12.2.